The van der Waals surface area contributed by atoms with Gasteiger partial charge >= 0.3 is 0 Å². The normalized spacial score (nSPS) is 12.3. The van der Waals surface area contributed by atoms with Crippen molar-refractivity contribution in [2.75, 3.05) is 0 Å². The van der Waals surface area contributed by atoms with E-state index < -0.39 is 10.8 Å². The predicted molar refractivity (Wildman–Crippen MR) is 66.2 cm³/mol. The molecule has 0 saturated carbocycles. The Bertz CT molecular complexity index is 472. The monoisotopic (exact) mass is 234 g/mol. The Morgan fingerprint density at radius 1 is 1.20 bits per heavy atom. The molecule has 0 spiro atoms. The van der Waals surface area contributed by atoms with Crippen molar-refractivity contribution in [3.63, 3.8) is 0 Å². The van der Waals surface area contributed by atoms with Gasteiger partial charge in [-0.15, -0.1) is 0 Å². The molecule has 0 radical (unpaired) electrons. The molecule has 0 N–H and O–H groups in total. The number of rotatable bonds is 3. The fourth-order valence-electron chi connectivity index (χ4n) is 1.22. The fourth-order valence-corrected chi connectivity index (χ4v) is 2.99. The minimum Gasteiger partial charge on any atom is -0.249 e. The van der Waals surface area contributed by atoms with Crippen LogP contribution in [-0.2, 0) is 10.8 Å². The van der Waals surface area contributed by atoms with Crippen molar-refractivity contribution < 1.29 is 4.21 Å². The van der Waals surface area contributed by atoms with Gasteiger partial charge in [-0.2, -0.15) is 11.3 Å². The van der Waals surface area contributed by atoms with Crippen molar-refractivity contribution in [3.8, 4) is 0 Å². The molecular weight excluding hydrogens is 224 g/mol. The first kappa shape index (κ1) is 10.3. The van der Waals surface area contributed by atoms with Gasteiger partial charge in [0.05, 0.1) is 10.8 Å². The number of thiophene rings is 1. The molecule has 0 saturated heterocycles. The van der Waals surface area contributed by atoms with Crippen LogP contribution in [0.15, 0.2) is 58.6 Å². The zero-order valence-electron chi connectivity index (χ0n) is 8.05. The van der Waals surface area contributed by atoms with Crippen LogP contribution < -0.4 is 0 Å². The van der Waals surface area contributed by atoms with Crippen molar-refractivity contribution >= 4 is 27.0 Å². The second-order valence-electron chi connectivity index (χ2n) is 3.02. The molecule has 0 fully saturated rings. The Morgan fingerprint density at radius 3 is 2.53 bits per heavy atom. The van der Waals surface area contributed by atoms with E-state index in [4.69, 9.17) is 0 Å². The molecule has 1 nitrogen and oxygen atoms in total. The zero-order valence-corrected chi connectivity index (χ0v) is 9.68. The smallest absolute Gasteiger partial charge is 0.0849 e. The second kappa shape index (κ2) is 4.55. The highest BCUT2D eigenvalue weighted by Crippen LogP contribution is 2.23. The molecule has 0 amide bonds. The summed E-state index contributed by atoms with van der Waals surface area (Å²) in [4.78, 5) is 1.47. The standard InChI is InChI=1S/C12H10OS2/c1-10(11-7-8-14-9-11)15(13)12-5-3-2-4-6-12/h2-9H,1H2/t15-/m1/s1. The van der Waals surface area contributed by atoms with Crippen molar-refractivity contribution in [1.29, 1.82) is 0 Å². The molecule has 3 heteroatoms. The van der Waals surface area contributed by atoms with Crippen LogP contribution in [-0.4, -0.2) is 4.21 Å². The van der Waals surface area contributed by atoms with E-state index in [1.807, 2.05) is 47.2 Å². The summed E-state index contributed by atoms with van der Waals surface area (Å²) in [5.74, 6) is 0. The van der Waals surface area contributed by atoms with E-state index >= 15 is 0 Å². The van der Waals surface area contributed by atoms with E-state index in [0.29, 0.717) is 4.91 Å². The predicted octanol–water partition coefficient (Wildman–Crippen LogP) is 3.53. The van der Waals surface area contributed by atoms with Gasteiger partial charge in [0, 0.05) is 15.4 Å². The maximum atomic E-state index is 12.1. The first-order valence-electron chi connectivity index (χ1n) is 4.47. The lowest BCUT2D eigenvalue weighted by molar-refractivity contribution is 0.689. The van der Waals surface area contributed by atoms with Gasteiger partial charge in [0.1, 0.15) is 0 Å². The third-order valence-electron chi connectivity index (χ3n) is 2.02. The summed E-state index contributed by atoms with van der Waals surface area (Å²) in [6.45, 7) is 3.88. The molecule has 0 aliphatic heterocycles. The lowest BCUT2D eigenvalue weighted by Gasteiger charge is -2.03. The van der Waals surface area contributed by atoms with Gasteiger partial charge in [-0.3, -0.25) is 0 Å². The second-order valence-corrected chi connectivity index (χ2v) is 5.30. The third-order valence-corrected chi connectivity index (χ3v) is 4.09. The molecule has 2 rings (SSSR count). The summed E-state index contributed by atoms with van der Waals surface area (Å²) in [6.07, 6.45) is 0. The molecule has 76 valence electrons. The van der Waals surface area contributed by atoms with Crippen molar-refractivity contribution in [1.82, 2.24) is 0 Å². The van der Waals surface area contributed by atoms with Crippen LogP contribution in [0.5, 0.6) is 0 Å². The summed E-state index contributed by atoms with van der Waals surface area (Å²) in [6, 6.07) is 11.3. The Morgan fingerprint density at radius 2 is 1.93 bits per heavy atom. The van der Waals surface area contributed by atoms with Crippen LogP contribution in [0.1, 0.15) is 5.56 Å². The van der Waals surface area contributed by atoms with Crippen molar-refractivity contribution in [2.24, 2.45) is 0 Å². The zero-order chi connectivity index (χ0) is 10.7. The topological polar surface area (TPSA) is 17.1 Å². The van der Waals surface area contributed by atoms with Crippen LogP contribution >= 0.6 is 11.3 Å². The third kappa shape index (κ3) is 2.25. The molecule has 0 aliphatic carbocycles. The quantitative estimate of drug-likeness (QED) is 0.794. The Labute approximate surface area is 95.5 Å². The average molecular weight is 234 g/mol. The first-order valence-corrected chi connectivity index (χ1v) is 6.56. The van der Waals surface area contributed by atoms with Gasteiger partial charge in [-0.05, 0) is 29.0 Å². The first-order chi connectivity index (χ1) is 7.29. The largest absolute Gasteiger partial charge is 0.249 e. The molecule has 1 atom stereocenters. The van der Waals surface area contributed by atoms with Crippen LogP contribution in [0.4, 0.5) is 0 Å². The Hall–Kier alpha value is -1.19. The van der Waals surface area contributed by atoms with Crippen molar-refractivity contribution in [3.05, 3.63) is 59.3 Å². The fraction of sp³-hybridized carbons (Fsp3) is 0. The Balaban J connectivity index is 2.27. The van der Waals surface area contributed by atoms with Crippen molar-refractivity contribution in [2.45, 2.75) is 4.90 Å². The number of hydrogen-bond acceptors (Lipinski definition) is 2. The number of hydrogen-bond donors (Lipinski definition) is 0. The number of benzene rings is 1. The Kier molecular flexibility index (Phi) is 3.14. The highest BCUT2D eigenvalue weighted by molar-refractivity contribution is 7.94. The van der Waals surface area contributed by atoms with E-state index in [1.165, 1.54) is 0 Å². The maximum Gasteiger partial charge on any atom is 0.0849 e. The van der Waals surface area contributed by atoms with E-state index in [2.05, 4.69) is 6.58 Å². The molecule has 1 aromatic carbocycles. The maximum absolute atomic E-state index is 12.1. The van der Waals surface area contributed by atoms with Crippen LogP contribution in [0, 0.1) is 0 Å². The van der Waals surface area contributed by atoms with Crippen LogP contribution in [0.2, 0.25) is 0 Å². The van der Waals surface area contributed by atoms with Gasteiger partial charge in [-0.25, -0.2) is 4.21 Å². The highest BCUT2D eigenvalue weighted by Gasteiger charge is 2.09. The lowest BCUT2D eigenvalue weighted by Crippen LogP contribution is -1.92. The molecule has 1 aromatic heterocycles. The molecule has 0 aliphatic rings. The van der Waals surface area contributed by atoms with Gasteiger partial charge in [-0.1, -0.05) is 24.8 Å². The molecule has 0 unspecified atom stereocenters. The summed E-state index contributed by atoms with van der Waals surface area (Å²) in [5, 5.41) is 3.92. The van der Waals surface area contributed by atoms with Gasteiger partial charge < -0.3 is 0 Å². The molecule has 2 aromatic rings. The highest BCUT2D eigenvalue weighted by atomic mass is 32.2. The van der Waals surface area contributed by atoms with Gasteiger partial charge in [0.2, 0.25) is 0 Å². The summed E-state index contributed by atoms with van der Waals surface area (Å²) < 4.78 is 12.1. The van der Waals surface area contributed by atoms with Gasteiger partial charge in [0.15, 0.2) is 0 Å². The van der Waals surface area contributed by atoms with E-state index in [9.17, 15) is 4.21 Å². The molecule has 1 heterocycles. The van der Waals surface area contributed by atoms with Crippen LogP contribution in [0.3, 0.4) is 0 Å². The van der Waals surface area contributed by atoms with E-state index in [1.54, 1.807) is 11.3 Å². The average Bonchev–Trinajstić information content (AvgIpc) is 2.82. The minimum absolute atomic E-state index is 0.669. The van der Waals surface area contributed by atoms with Gasteiger partial charge in [0.25, 0.3) is 0 Å². The summed E-state index contributed by atoms with van der Waals surface area (Å²) in [5.41, 5.74) is 0.960. The lowest BCUT2D eigenvalue weighted by atomic mass is 10.3. The van der Waals surface area contributed by atoms with E-state index in [-0.39, 0.29) is 0 Å². The summed E-state index contributed by atoms with van der Waals surface area (Å²) >= 11 is 1.59. The summed E-state index contributed by atoms with van der Waals surface area (Å²) in [7, 11) is -1.15. The molecular formula is C12H10OS2. The minimum atomic E-state index is -1.15. The SMILES string of the molecule is C=C(c1ccsc1)[S@@](=O)c1ccccc1. The molecule has 15 heavy (non-hydrogen) atoms. The van der Waals surface area contributed by atoms with Crippen LogP contribution in [0.25, 0.3) is 4.91 Å². The molecule has 0 bridgehead atoms. The van der Waals surface area contributed by atoms with E-state index in [0.717, 1.165) is 10.5 Å².